The molecule has 4 unspecified atom stereocenters. The molecule has 11 heteroatoms. The van der Waals surface area contributed by atoms with Crippen molar-refractivity contribution in [3.05, 3.63) is 72.2 Å². The summed E-state index contributed by atoms with van der Waals surface area (Å²) in [7, 11) is 1.25. The van der Waals surface area contributed by atoms with Crippen molar-refractivity contribution in [2.75, 3.05) is 7.11 Å². The van der Waals surface area contributed by atoms with Crippen LogP contribution in [0.1, 0.15) is 60.8 Å². The quantitative estimate of drug-likeness (QED) is 0.0731. The van der Waals surface area contributed by atoms with Gasteiger partial charge in [0.05, 0.1) is 13.2 Å². The van der Waals surface area contributed by atoms with E-state index in [1.807, 2.05) is 52.8 Å². The van der Waals surface area contributed by atoms with Crippen LogP contribution in [0.4, 0.5) is 4.79 Å². The summed E-state index contributed by atoms with van der Waals surface area (Å²) in [6.07, 6.45) is 15.0. The van der Waals surface area contributed by atoms with Gasteiger partial charge in [-0.25, -0.2) is 9.59 Å². The van der Waals surface area contributed by atoms with E-state index in [0.29, 0.717) is 12.8 Å². The first kappa shape index (κ1) is 37.9. The Balaban J connectivity index is 5.10. The number of hydrogen-bond donors (Lipinski definition) is 5. The Morgan fingerprint density at radius 1 is 1.02 bits per heavy atom. The van der Waals surface area contributed by atoms with Crippen LogP contribution in [0.25, 0.3) is 0 Å². The Kier molecular flexibility index (Phi) is 17.9. The van der Waals surface area contributed by atoms with Gasteiger partial charge in [-0.2, -0.15) is 0 Å². The molecule has 0 heterocycles. The Labute approximate surface area is 248 Å². The summed E-state index contributed by atoms with van der Waals surface area (Å²) >= 11 is 0. The van der Waals surface area contributed by atoms with Gasteiger partial charge >= 0.3 is 12.1 Å². The molecule has 42 heavy (non-hydrogen) atoms. The molecule has 0 aliphatic carbocycles. The minimum Gasteiger partial charge on any atom is -0.490 e. The van der Waals surface area contributed by atoms with Crippen LogP contribution in [0, 0.1) is 11.3 Å². The third kappa shape index (κ3) is 16.9. The first-order chi connectivity index (χ1) is 19.6. The van der Waals surface area contributed by atoms with Gasteiger partial charge in [-0.05, 0) is 38.0 Å². The topological polar surface area (TPSA) is 177 Å². The zero-order valence-electron chi connectivity index (χ0n) is 25.6. The molecular weight excluding hydrogens is 542 g/mol. The molecule has 0 rings (SSSR count). The average Bonchev–Trinajstić information content (AvgIpc) is 2.89. The molecule has 0 aromatic heterocycles. The highest BCUT2D eigenvalue weighted by molar-refractivity contribution is 5.93. The van der Waals surface area contributed by atoms with E-state index in [2.05, 4.69) is 10.6 Å². The molecule has 0 fully saturated rings. The second-order valence-electron chi connectivity index (χ2n) is 10.7. The number of carbonyl (C=O) groups excluding carboxylic acids is 3. The number of aliphatic hydroxyl groups is 1. The van der Waals surface area contributed by atoms with Crippen LogP contribution in [0.15, 0.2) is 72.2 Å². The number of ether oxygens (including phenoxy) is 2. The summed E-state index contributed by atoms with van der Waals surface area (Å²) in [4.78, 5) is 47.4. The molecule has 0 aliphatic rings. The number of nitrogens with one attached hydrogen (secondary N) is 2. The number of amides is 3. The van der Waals surface area contributed by atoms with E-state index in [4.69, 9.17) is 20.3 Å². The van der Waals surface area contributed by atoms with Crippen LogP contribution in [-0.2, 0) is 23.9 Å². The van der Waals surface area contributed by atoms with Gasteiger partial charge in [0.2, 0.25) is 11.8 Å². The van der Waals surface area contributed by atoms with Crippen molar-refractivity contribution in [1.29, 1.82) is 0 Å². The number of carboxylic acid groups (broad SMARTS) is 1. The maximum absolute atomic E-state index is 12.8. The van der Waals surface area contributed by atoms with Gasteiger partial charge in [0, 0.05) is 24.8 Å². The lowest BCUT2D eigenvalue weighted by Crippen LogP contribution is -2.52. The number of carbonyl (C=O) groups is 4. The molecule has 234 valence electrons. The van der Waals surface area contributed by atoms with Crippen molar-refractivity contribution in [2.24, 2.45) is 17.1 Å². The summed E-state index contributed by atoms with van der Waals surface area (Å²) in [5.41, 5.74) is 5.35. The van der Waals surface area contributed by atoms with Crippen LogP contribution in [0.2, 0.25) is 0 Å². The minimum atomic E-state index is -1.20. The third-order valence-electron chi connectivity index (χ3n) is 5.90. The van der Waals surface area contributed by atoms with Crippen molar-refractivity contribution in [3.8, 4) is 0 Å². The zero-order valence-corrected chi connectivity index (χ0v) is 25.6. The number of primary amides is 1. The van der Waals surface area contributed by atoms with Gasteiger partial charge in [-0.1, -0.05) is 75.8 Å². The molecule has 0 aromatic carbocycles. The lowest BCUT2D eigenvalue weighted by Gasteiger charge is -2.29. The fourth-order valence-corrected chi connectivity index (χ4v) is 3.59. The second-order valence-corrected chi connectivity index (χ2v) is 10.7. The highest BCUT2D eigenvalue weighted by atomic mass is 16.6. The number of aliphatic hydroxyl groups excluding tert-OH is 1. The molecule has 0 spiro atoms. The molecule has 0 saturated heterocycles. The lowest BCUT2D eigenvalue weighted by atomic mass is 9.86. The number of rotatable bonds is 17. The number of methoxy groups -OCH3 is 1. The maximum atomic E-state index is 12.8. The first-order valence-electron chi connectivity index (χ1n) is 13.6. The SMILES string of the molecule is CC=CCC(CC=CNC(=O)C(NC(=O)C=CC=CC(C)=CC(C)C(O)CC=C(OC)C(=O)O)C(C)(C)C)OC(N)=O. The Morgan fingerprint density at radius 2 is 1.64 bits per heavy atom. The van der Waals surface area contributed by atoms with E-state index < -0.39 is 47.5 Å². The Bertz CT molecular complexity index is 1080. The predicted octanol–water partition coefficient (Wildman–Crippen LogP) is 4.03. The average molecular weight is 590 g/mol. The molecule has 0 bridgehead atoms. The lowest BCUT2D eigenvalue weighted by molar-refractivity contribution is -0.136. The number of hydrogen-bond acceptors (Lipinski definition) is 7. The molecule has 0 aromatic rings. The highest BCUT2D eigenvalue weighted by Crippen LogP contribution is 2.20. The summed E-state index contributed by atoms with van der Waals surface area (Å²) < 4.78 is 9.80. The van der Waals surface area contributed by atoms with E-state index >= 15 is 0 Å². The Hall–Kier alpha value is -4.12. The minimum absolute atomic E-state index is 0.114. The monoisotopic (exact) mass is 589 g/mol. The van der Waals surface area contributed by atoms with Crippen molar-refractivity contribution in [3.63, 3.8) is 0 Å². The van der Waals surface area contributed by atoms with Crippen LogP contribution < -0.4 is 16.4 Å². The standard InChI is InChI=1S/C31H47N3O8/c1-8-9-14-23(42-30(32)40)15-12-19-33-28(37)27(31(4,5)6)34-26(36)16-11-10-13-21(2)20-22(3)24(35)17-18-25(41-7)29(38)39/h8-13,16,18-20,22-24,27,35H,14-15,17H2,1-7H3,(H2,32,40)(H,33,37)(H,34,36)(H,38,39). The fourth-order valence-electron chi connectivity index (χ4n) is 3.59. The summed E-state index contributed by atoms with van der Waals surface area (Å²) in [5.74, 6) is -2.55. The molecule has 6 N–H and O–H groups in total. The van der Waals surface area contributed by atoms with Gasteiger partial charge in [0.25, 0.3) is 0 Å². The third-order valence-corrected chi connectivity index (χ3v) is 5.90. The molecule has 0 radical (unpaired) electrons. The van der Waals surface area contributed by atoms with Crippen LogP contribution in [0.3, 0.4) is 0 Å². The number of carboxylic acids is 1. The van der Waals surface area contributed by atoms with Crippen LogP contribution in [0.5, 0.6) is 0 Å². The van der Waals surface area contributed by atoms with Crippen molar-refractivity contribution >= 4 is 23.9 Å². The van der Waals surface area contributed by atoms with Gasteiger partial charge < -0.3 is 36.1 Å². The van der Waals surface area contributed by atoms with E-state index in [1.165, 1.54) is 31.5 Å². The smallest absolute Gasteiger partial charge is 0.404 e. The van der Waals surface area contributed by atoms with Crippen molar-refractivity contribution in [1.82, 2.24) is 10.6 Å². The number of nitrogens with two attached hydrogens (primary N) is 1. The maximum Gasteiger partial charge on any atom is 0.404 e. The molecule has 11 nitrogen and oxygen atoms in total. The van der Waals surface area contributed by atoms with E-state index in [0.717, 1.165) is 5.57 Å². The normalized spacial score (nSPS) is 16.0. The molecule has 0 saturated carbocycles. The molecule has 3 amide bonds. The first-order valence-corrected chi connectivity index (χ1v) is 13.6. The second kappa shape index (κ2) is 19.9. The number of allylic oxidation sites excluding steroid dienone is 5. The van der Waals surface area contributed by atoms with Gasteiger partial charge in [-0.15, -0.1) is 0 Å². The molecule has 4 atom stereocenters. The predicted molar refractivity (Wildman–Crippen MR) is 162 cm³/mol. The molecule has 0 aliphatic heterocycles. The van der Waals surface area contributed by atoms with Gasteiger partial charge in [-0.3, -0.25) is 9.59 Å². The highest BCUT2D eigenvalue weighted by Gasteiger charge is 2.31. The summed E-state index contributed by atoms with van der Waals surface area (Å²) in [6, 6.07) is -0.832. The zero-order chi connectivity index (χ0) is 32.3. The van der Waals surface area contributed by atoms with E-state index in [9.17, 15) is 24.3 Å². The molecular formula is C31H47N3O8. The summed E-state index contributed by atoms with van der Waals surface area (Å²) in [5, 5.41) is 24.7. The fraction of sp³-hybridized carbons (Fsp3) is 0.484. The van der Waals surface area contributed by atoms with Gasteiger partial charge in [0.1, 0.15) is 12.1 Å². The van der Waals surface area contributed by atoms with Crippen LogP contribution >= 0.6 is 0 Å². The largest absolute Gasteiger partial charge is 0.490 e. The van der Waals surface area contributed by atoms with Crippen molar-refractivity contribution < 1.29 is 38.9 Å². The van der Waals surface area contributed by atoms with Crippen LogP contribution in [-0.4, -0.2) is 59.4 Å². The Morgan fingerprint density at radius 3 is 2.19 bits per heavy atom. The number of aliphatic carboxylic acids is 1. The van der Waals surface area contributed by atoms with E-state index in [1.54, 1.807) is 25.2 Å². The summed E-state index contributed by atoms with van der Waals surface area (Å²) in [6.45, 7) is 11.0. The van der Waals surface area contributed by atoms with Crippen molar-refractivity contribution in [2.45, 2.75) is 79.1 Å². The van der Waals surface area contributed by atoms with Gasteiger partial charge in [0.15, 0.2) is 5.76 Å². The van der Waals surface area contributed by atoms with E-state index in [-0.39, 0.29) is 18.1 Å².